The lowest BCUT2D eigenvalue weighted by Gasteiger charge is -2.29. The molecule has 4 atom stereocenters. The van der Waals surface area contributed by atoms with E-state index < -0.39 is 49.7 Å². The number of nitrogens with one attached hydrogen (secondary N) is 1. The Morgan fingerprint density at radius 3 is 2.26 bits per heavy atom. The molecule has 0 spiro atoms. The van der Waals surface area contributed by atoms with Gasteiger partial charge >= 0.3 is 13.5 Å². The van der Waals surface area contributed by atoms with Gasteiger partial charge in [-0.1, -0.05) is 0 Å². The van der Waals surface area contributed by atoms with Crippen molar-refractivity contribution < 1.29 is 39.3 Å². The summed E-state index contributed by atoms with van der Waals surface area (Å²) in [7, 11) is -4.64. The van der Waals surface area contributed by atoms with Crippen LogP contribution in [0.5, 0.6) is 0 Å². The lowest BCUT2D eigenvalue weighted by molar-refractivity contribution is -0.137. The van der Waals surface area contributed by atoms with Crippen molar-refractivity contribution in [3.05, 3.63) is 33.1 Å². The fraction of sp³-hybridized carbons (Fsp3) is 0.600. The number of H-pyrrole nitrogens is 1. The first kappa shape index (κ1) is 19.7. The molecule has 23 heavy (non-hydrogen) atoms. The third-order valence-corrected chi connectivity index (χ3v) is 3.13. The minimum atomic E-state index is -4.64. The standard InChI is InChI=1S/C10H14N2O6.H3O4P/c1-10(8(16)7(15)5(4-13)18-10)12-3-2-6(14)11-9(12)17;1-5(2,3)4/h2-3,5,7-8,13,15-16H,4H2,1H3,(H,11,14,17);(H3,1,2,3,4)/t5-,7-,8-,10-;/m1./s1. The Morgan fingerprint density at radius 2 is 1.87 bits per heavy atom. The van der Waals surface area contributed by atoms with Crippen LogP contribution in [0.1, 0.15) is 6.92 Å². The highest BCUT2D eigenvalue weighted by Gasteiger charge is 2.52. The molecule has 13 heteroatoms. The monoisotopic (exact) mass is 356 g/mol. The van der Waals surface area contributed by atoms with Gasteiger partial charge in [0.2, 0.25) is 0 Å². The molecule has 2 rings (SSSR count). The molecular formula is C10H17N2O10P. The first-order valence-electron chi connectivity index (χ1n) is 6.15. The molecule has 1 aliphatic rings. The zero-order valence-electron chi connectivity index (χ0n) is 11.8. The van der Waals surface area contributed by atoms with Crippen LogP contribution in [0.2, 0.25) is 0 Å². The zero-order chi connectivity index (χ0) is 18.0. The van der Waals surface area contributed by atoms with Crippen molar-refractivity contribution in [3.63, 3.8) is 0 Å². The van der Waals surface area contributed by atoms with Gasteiger partial charge in [-0.3, -0.25) is 14.3 Å². The number of aliphatic hydroxyl groups is 3. The number of nitrogens with zero attached hydrogens (tertiary/aromatic N) is 1. The molecule has 1 aromatic rings. The predicted octanol–water partition coefficient (Wildman–Crippen LogP) is -3.61. The van der Waals surface area contributed by atoms with Crippen molar-refractivity contribution in [1.29, 1.82) is 0 Å². The number of rotatable bonds is 2. The summed E-state index contributed by atoms with van der Waals surface area (Å²) in [5.74, 6) is 0. The van der Waals surface area contributed by atoms with Gasteiger partial charge in [0.05, 0.1) is 6.61 Å². The lowest BCUT2D eigenvalue weighted by atomic mass is 10.0. The highest BCUT2D eigenvalue weighted by atomic mass is 31.2. The zero-order valence-corrected chi connectivity index (χ0v) is 12.7. The number of hydrogen-bond acceptors (Lipinski definition) is 7. The molecule has 0 aromatic carbocycles. The van der Waals surface area contributed by atoms with Gasteiger partial charge in [0.25, 0.3) is 5.56 Å². The van der Waals surface area contributed by atoms with Crippen molar-refractivity contribution in [2.45, 2.75) is 31.0 Å². The van der Waals surface area contributed by atoms with Crippen molar-refractivity contribution in [1.82, 2.24) is 9.55 Å². The molecule has 7 N–H and O–H groups in total. The van der Waals surface area contributed by atoms with Crippen molar-refractivity contribution >= 4 is 7.82 Å². The van der Waals surface area contributed by atoms with Crippen LogP contribution in [0.4, 0.5) is 0 Å². The Hall–Kier alpha value is -1.37. The first-order chi connectivity index (χ1) is 10.4. The fourth-order valence-corrected chi connectivity index (χ4v) is 2.08. The number of phosphoric acid groups is 1. The lowest BCUT2D eigenvalue weighted by Crippen LogP contribution is -2.49. The molecule has 1 aliphatic heterocycles. The second kappa shape index (κ2) is 7.03. The van der Waals surface area contributed by atoms with Crippen LogP contribution < -0.4 is 11.2 Å². The molecular weight excluding hydrogens is 339 g/mol. The summed E-state index contributed by atoms with van der Waals surface area (Å²) in [5, 5.41) is 28.6. The number of aromatic nitrogens is 2. The van der Waals surface area contributed by atoms with Gasteiger partial charge in [0.15, 0.2) is 5.72 Å². The van der Waals surface area contributed by atoms with Crippen molar-refractivity contribution in [2.24, 2.45) is 0 Å². The van der Waals surface area contributed by atoms with Crippen molar-refractivity contribution in [3.8, 4) is 0 Å². The van der Waals surface area contributed by atoms with E-state index in [9.17, 15) is 19.8 Å². The second-order valence-corrected chi connectivity index (χ2v) is 5.85. The highest BCUT2D eigenvalue weighted by Crippen LogP contribution is 2.33. The van der Waals surface area contributed by atoms with Gasteiger partial charge < -0.3 is 34.7 Å². The minimum absolute atomic E-state index is 0.494. The molecule has 0 unspecified atom stereocenters. The highest BCUT2D eigenvalue weighted by molar-refractivity contribution is 7.45. The average molecular weight is 356 g/mol. The van der Waals surface area contributed by atoms with Gasteiger partial charge in [-0.05, 0) is 6.92 Å². The second-order valence-electron chi connectivity index (χ2n) is 4.82. The molecule has 1 aromatic heterocycles. The first-order valence-corrected chi connectivity index (χ1v) is 7.72. The molecule has 12 nitrogen and oxygen atoms in total. The number of aromatic amines is 1. The van der Waals surface area contributed by atoms with Gasteiger partial charge in [0, 0.05) is 12.3 Å². The summed E-state index contributed by atoms with van der Waals surface area (Å²) in [4.78, 5) is 46.2. The van der Waals surface area contributed by atoms with E-state index in [2.05, 4.69) is 0 Å². The van der Waals surface area contributed by atoms with Gasteiger partial charge in [-0.2, -0.15) is 0 Å². The van der Waals surface area contributed by atoms with E-state index >= 15 is 0 Å². The third kappa shape index (κ3) is 4.80. The van der Waals surface area contributed by atoms with Gasteiger partial charge in [-0.25, -0.2) is 9.36 Å². The quantitative estimate of drug-likeness (QED) is 0.259. The summed E-state index contributed by atoms with van der Waals surface area (Å²) in [6.45, 7) is 0.891. The van der Waals surface area contributed by atoms with Crippen LogP contribution in [-0.4, -0.2) is 64.5 Å². The van der Waals surface area contributed by atoms with Crippen molar-refractivity contribution in [2.75, 3.05) is 6.61 Å². The van der Waals surface area contributed by atoms with E-state index in [4.69, 9.17) is 29.1 Å². The maximum absolute atomic E-state index is 11.7. The van der Waals surface area contributed by atoms with Gasteiger partial charge in [0.1, 0.15) is 18.3 Å². The molecule has 1 fully saturated rings. The van der Waals surface area contributed by atoms with Crippen LogP contribution >= 0.6 is 7.82 Å². The summed E-state index contributed by atoms with van der Waals surface area (Å²) >= 11 is 0. The summed E-state index contributed by atoms with van der Waals surface area (Å²) in [6.07, 6.45) is -2.56. The molecule has 0 amide bonds. The van der Waals surface area contributed by atoms with Gasteiger partial charge in [-0.15, -0.1) is 0 Å². The van der Waals surface area contributed by atoms with Crippen LogP contribution in [-0.2, 0) is 15.0 Å². The normalized spacial score (nSPS) is 30.7. The van der Waals surface area contributed by atoms with Crippen LogP contribution in [0.15, 0.2) is 21.9 Å². The molecule has 0 aliphatic carbocycles. The Labute approximate surface area is 128 Å². The summed E-state index contributed by atoms with van der Waals surface area (Å²) in [6, 6.07) is 1.10. The smallest absolute Gasteiger partial charge is 0.394 e. The maximum atomic E-state index is 11.7. The predicted molar refractivity (Wildman–Crippen MR) is 73.2 cm³/mol. The Balaban J connectivity index is 0.000000463. The fourth-order valence-electron chi connectivity index (χ4n) is 2.08. The van der Waals surface area contributed by atoms with E-state index in [1.165, 1.54) is 6.92 Å². The molecule has 0 bridgehead atoms. The van der Waals surface area contributed by atoms with Crippen LogP contribution in [0.3, 0.4) is 0 Å². The third-order valence-electron chi connectivity index (χ3n) is 3.13. The largest absolute Gasteiger partial charge is 0.466 e. The summed E-state index contributed by atoms with van der Waals surface area (Å²) < 4.78 is 15.2. The van der Waals surface area contributed by atoms with E-state index in [0.29, 0.717) is 0 Å². The SMILES string of the molecule is C[C@@]1(n2ccc(=O)[nH]c2=O)O[C@H](CO)[C@@H](O)[C@H]1O.O=P(O)(O)O. The minimum Gasteiger partial charge on any atom is -0.394 e. The molecule has 1 saturated heterocycles. The summed E-state index contributed by atoms with van der Waals surface area (Å²) in [5.41, 5.74) is -2.89. The maximum Gasteiger partial charge on any atom is 0.466 e. The van der Waals surface area contributed by atoms with E-state index in [0.717, 1.165) is 16.8 Å². The number of aliphatic hydroxyl groups excluding tert-OH is 3. The van der Waals surface area contributed by atoms with Crippen LogP contribution in [0.25, 0.3) is 0 Å². The molecule has 0 radical (unpaired) electrons. The molecule has 2 heterocycles. The molecule has 0 saturated carbocycles. The van der Waals surface area contributed by atoms with Crippen LogP contribution in [0, 0.1) is 0 Å². The average Bonchev–Trinajstić information content (AvgIpc) is 2.61. The van der Waals surface area contributed by atoms with E-state index in [1.54, 1.807) is 0 Å². The topological polar surface area (TPSA) is 203 Å². The molecule has 132 valence electrons. The van der Waals surface area contributed by atoms with E-state index in [-0.39, 0.29) is 0 Å². The van der Waals surface area contributed by atoms with E-state index in [1.807, 2.05) is 4.98 Å². The Morgan fingerprint density at radius 1 is 1.35 bits per heavy atom. The number of hydrogen-bond donors (Lipinski definition) is 7. The number of ether oxygens (including phenoxy) is 1. The Kier molecular flexibility index (Phi) is 6.01. The Bertz CT molecular complexity index is 687.